The first-order valence-corrected chi connectivity index (χ1v) is 4.87. The fraction of sp³-hybridized carbons (Fsp3) is 1.00. The Balaban J connectivity index is 0.000000980. The Kier molecular flexibility index (Phi) is 3.72. The van der Waals surface area contributed by atoms with E-state index in [-0.39, 0.29) is 18.8 Å². The molecule has 0 unspecified atom stereocenters. The van der Waals surface area contributed by atoms with Gasteiger partial charge in [0.2, 0.25) is 0 Å². The molecule has 0 aromatic heterocycles. The number of ether oxygens (including phenoxy) is 1. The maximum absolute atomic E-state index is 13.6. The van der Waals surface area contributed by atoms with Gasteiger partial charge in [0.25, 0.3) is 5.92 Å². The summed E-state index contributed by atoms with van der Waals surface area (Å²) in [6.07, 6.45) is 1.50. The molecule has 2 aliphatic heterocycles. The van der Waals surface area contributed by atoms with E-state index in [0.717, 1.165) is 6.54 Å². The van der Waals surface area contributed by atoms with Gasteiger partial charge >= 0.3 is 0 Å². The van der Waals surface area contributed by atoms with Crippen LogP contribution in [0.1, 0.15) is 25.7 Å². The van der Waals surface area contributed by atoms with Crippen molar-refractivity contribution in [3.05, 3.63) is 0 Å². The average Bonchev–Trinajstić information content (AvgIpc) is 2.12. The molecule has 0 aromatic carbocycles. The van der Waals surface area contributed by atoms with Crippen LogP contribution in [0.3, 0.4) is 0 Å². The van der Waals surface area contributed by atoms with E-state index in [9.17, 15) is 8.78 Å². The van der Waals surface area contributed by atoms with Crippen LogP contribution < -0.4 is 5.32 Å². The molecule has 0 saturated carbocycles. The summed E-state index contributed by atoms with van der Waals surface area (Å²) >= 11 is 0. The molecule has 0 bridgehead atoms. The van der Waals surface area contributed by atoms with Gasteiger partial charge < -0.3 is 10.1 Å². The summed E-state index contributed by atoms with van der Waals surface area (Å²) in [4.78, 5) is 0. The van der Waals surface area contributed by atoms with E-state index in [1.165, 1.54) is 0 Å². The molecule has 14 heavy (non-hydrogen) atoms. The van der Waals surface area contributed by atoms with Crippen molar-refractivity contribution in [1.82, 2.24) is 5.32 Å². The molecule has 2 saturated heterocycles. The largest absolute Gasteiger partial charge is 0.381 e. The fourth-order valence-corrected chi connectivity index (χ4v) is 2.27. The summed E-state index contributed by atoms with van der Waals surface area (Å²) in [7, 11) is 0. The Labute approximate surface area is 88.8 Å². The number of hydrogen-bond acceptors (Lipinski definition) is 2. The van der Waals surface area contributed by atoms with E-state index in [2.05, 4.69) is 5.32 Å². The molecule has 0 atom stereocenters. The van der Waals surface area contributed by atoms with Gasteiger partial charge in [0.1, 0.15) is 0 Å². The first-order valence-electron chi connectivity index (χ1n) is 4.87. The molecule has 84 valence electrons. The molecule has 2 heterocycles. The number of hydrogen-bond donors (Lipinski definition) is 1. The molecular weight excluding hydrogens is 212 g/mol. The van der Waals surface area contributed by atoms with Gasteiger partial charge in [-0.05, 0) is 25.8 Å². The summed E-state index contributed by atoms with van der Waals surface area (Å²) in [5, 5.41) is 2.99. The fourth-order valence-electron chi connectivity index (χ4n) is 2.27. The zero-order valence-electron chi connectivity index (χ0n) is 8.02. The van der Waals surface area contributed by atoms with Crippen LogP contribution in [0.4, 0.5) is 8.78 Å². The monoisotopic (exact) mass is 227 g/mol. The van der Waals surface area contributed by atoms with Crippen molar-refractivity contribution in [1.29, 1.82) is 0 Å². The van der Waals surface area contributed by atoms with E-state index in [1.807, 2.05) is 0 Å². The highest BCUT2D eigenvalue weighted by atomic mass is 35.5. The Morgan fingerprint density at radius 2 is 1.71 bits per heavy atom. The summed E-state index contributed by atoms with van der Waals surface area (Å²) in [5.41, 5.74) is -0.955. The lowest BCUT2D eigenvalue weighted by Gasteiger charge is -2.46. The minimum absolute atomic E-state index is 0. The topological polar surface area (TPSA) is 21.3 Å². The predicted octanol–water partition coefficient (Wildman–Crippen LogP) is 1.98. The normalized spacial score (nSPS) is 29.6. The number of piperidine rings is 1. The van der Waals surface area contributed by atoms with Gasteiger partial charge in [-0.2, -0.15) is 0 Å². The summed E-state index contributed by atoms with van der Waals surface area (Å²) in [6.45, 7) is 1.64. The average molecular weight is 228 g/mol. The van der Waals surface area contributed by atoms with Gasteiger partial charge in [-0.25, -0.2) is 8.78 Å². The molecule has 1 N–H and O–H groups in total. The lowest BCUT2D eigenvalue weighted by Crippen LogP contribution is -2.64. The standard InChI is InChI=1S/C9H15F2NO.ClH/c10-9(11)2-1-5-12-8(9)3-6-13-7-4-8;/h12H,1-7H2;1H. The Morgan fingerprint density at radius 3 is 2.29 bits per heavy atom. The summed E-state index contributed by atoms with van der Waals surface area (Å²) in [5.74, 6) is -2.55. The minimum Gasteiger partial charge on any atom is -0.381 e. The molecule has 5 heteroatoms. The Morgan fingerprint density at radius 1 is 1.07 bits per heavy atom. The molecular formula is C9H16ClF2NO. The molecule has 0 aromatic rings. The molecule has 0 aliphatic carbocycles. The van der Waals surface area contributed by atoms with Crippen molar-refractivity contribution in [3.8, 4) is 0 Å². The van der Waals surface area contributed by atoms with Gasteiger partial charge in [0, 0.05) is 19.6 Å². The summed E-state index contributed by atoms with van der Waals surface area (Å²) in [6, 6.07) is 0. The van der Waals surface area contributed by atoms with Crippen LogP contribution in [0.2, 0.25) is 0 Å². The van der Waals surface area contributed by atoms with E-state index in [1.54, 1.807) is 0 Å². The highest BCUT2D eigenvalue weighted by Gasteiger charge is 2.54. The molecule has 0 radical (unpaired) electrons. The van der Waals surface area contributed by atoms with Crippen LogP contribution >= 0.6 is 12.4 Å². The third-order valence-corrected chi connectivity index (χ3v) is 3.18. The quantitative estimate of drug-likeness (QED) is 0.683. The van der Waals surface area contributed by atoms with Crippen molar-refractivity contribution in [2.75, 3.05) is 19.8 Å². The number of halogens is 3. The smallest absolute Gasteiger partial charge is 0.266 e. The number of alkyl halides is 2. The highest BCUT2D eigenvalue weighted by molar-refractivity contribution is 5.85. The van der Waals surface area contributed by atoms with E-state index in [0.29, 0.717) is 32.5 Å². The molecule has 2 aliphatic rings. The van der Waals surface area contributed by atoms with E-state index >= 15 is 0 Å². The zero-order chi connectivity index (χ0) is 9.36. The first kappa shape index (κ1) is 12.1. The number of nitrogens with one attached hydrogen (secondary N) is 1. The maximum atomic E-state index is 13.6. The lowest BCUT2D eigenvalue weighted by atomic mass is 9.79. The molecule has 2 rings (SSSR count). The minimum atomic E-state index is -2.55. The molecule has 1 spiro atoms. The second-order valence-electron chi connectivity index (χ2n) is 3.93. The van der Waals surface area contributed by atoms with Gasteiger partial charge in [0.05, 0.1) is 5.54 Å². The van der Waals surface area contributed by atoms with Crippen LogP contribution in [0.5, 0.6) is 0 Å². The number of rotatable bonds is 0. The molecule has 2 fully saturated rings. The van der Waals surface area contributed by atoms with E-state index in [4.69, 9.17) is 4.74 Å². The van der Waals surface area contributed by atoms with Gasteiger partial charge in [0.15, 0.2) is 0 Å². The molecule has 2 nitrogen and oxygen atoms in total. The van der Waals surface area contributed by atoms with E-state index < -0.39 is 11.5 Å². The van der Waals surface area contributed by atoms with Crippen molar-refractivity contribution < 1.29 is 13.5 Å². The summed E-state index contributed by atoms with van der Waals surface area (Å²) < 4.78 is 32.4. The molecule has 0 amide bonds. The van der Waals surface area contributed by atoms with Crippen molar-refractivity contribution >= 4 is 12.4 Å². The van der Waals surface area contributed by atoms with Gasteiger partial charge in [-0.1, -0.05) is 0 Å². The van der Waals surface area contributed by atoms with Crippen LogP contribution in [0.15, 0.2) is 0 Å². The lowest BCUT2D eigenvalue weighted by molar-refractivity contribution is -0.147. The van der Waals surface area contributed by atoms with Crippen LogP contribution in [0.25, 0.3) is 0 Å². The van der Waals surface area contributed by atoms with Crippen LogP contribution in [-0.4, -0.2) is 31.2 Å². The van der Waals surface area contributed by atoms with Gasteiger partial charge in [-0.15, -0.1) is 12.4 Å². The maximum Gasteiger partial charge on any atom is 0.266 e. The second-order valence-corrected chi connectivity index (χ2v) is 3.93. The van der Waals surface area contributed by atoms with Crippen LogP contribution in [0, 0.1) is 0 Å². The predicted molar refractivity (Wildman–Crippen MR) is 52.2 cm³/mol. The Hall–Kier alpha value is 0.0700. The SMILES string of the molecule is Cl.FC1(F)CCCNC12CCOCC2. The highest BCUT2D eigenvalue weighted by Crippen LogP contribution is 2.42. The first-order chi connectivity index (χ1) is 6.16. The van der Waals surface area contributed by atoms with Crippen molar-refractivity contribution in [3.63, 3.8) is 0 Å². The van der Waals surface area contributed by atoms with Crippen LogP contribution in [-0.2, 0) is 4.74 Å². The van der Waals surface area contributed by atoms with Crippen molar-refractivity contribution in [2.45, 2.75) is 37.1 Å². The Bertz CT molecular complexity index is 187. The third-order valence-electron chi connectivity index (χ3n) is 3.18. The van der Waals surface area contributed by atoms with Gasteiger partial charge in [-0.3, -0.25) is 0 Å². The van der Waals surface area contributed by atoms with Crippen molar-refractivity contribution in [2.24, 2.45) is 0 Å². The zero-order valence-corrected chi connectivity index (χ0v) is 8.84. The second kappa shape index (κ2) is 4.29. The third kappa shape index (κ3) is 1.88.